The fraction of sp³-hybridized carbons (Fsp3) is 0. The number of fused-ring (bicyclic) bond motifs is 17. The molecular formula is C110H73Br2N7. The fourth-order valence-corrected chi connectivity index (χ4v) is 18.2. The first-order valence-electron chi connectivity index (χ1n) is 40.1. The molecule has 9 heteroatoms. The molecular weight excluding hydrogens is 1580 g/mol. The highest BCUT2D eigenvalue weighted by Crippen LogP contribution is 2.49. The van der Waals surface area contributed by atoms with Crippen molar-refractivity contribution in [3.8, 4) is 34.2 Å². The van der Waals surface area contributed by atoms with Crippen molar-refractivity contribution in [1.29, 1.82) is 0 Å². The number of imidazole rings is 2. The summed E-state index contributed by atoms with van der Waals surface area (Å²) < 4.78 is 6.83. The van der Waals surface area contributed by atoms with Gasteiger partial charge in [0.15, 0.2) is 0 Å². The Hall–Kier alpha value is -14.7. The minimum Gasteiger partial charge on any atom is -0.355 e. The van der Waals surface area contributed by atoms with E-state index in [1.54, 1.807) is 0 Å². The van der Waals surface area contributed by atoms with Crippen LogP contribution in [0.25, 0.3) is 153 Å². The second-order valence-electron chi connectivity index (χ2n) is 29.9. The van der Waals surface area contributed by atoms with Crippen molar-refractivity contribution in [2.45, 2.75) is 0 Å². The molecule has 0 saturated heterocycles. The van der Waals surface area contributed by atoms with Gasteiger partial charge in [-0.3, -0.25) is 9.13 Å². The number of nitrogens with zero attached hydrogens (tertiary/aromatic N) is 6. The lowest BCUT2D eigenvalue weighted by Crippen LogP contribution is -2.11. The van der Waals surface area contributed by atoms with Crippen molar-refractivity contribution >= 4 is 196 Å². The van der Waals surface area contributed by atoms with E-state index in [-0.39, 0.29) is 0 Å². The van der Waals surface area contributed by atoms with Gasteiger partial charge in [0.2, 0.25) is 0 Å². The van der Waals surface area contributed by atoms with Gasteiger partial charge in [0.25, 0.3) is 0 Å². The van der Waals surface area contributed by atoms with Crippen LogP contribution >= 0.6 is 31.9 Å². The minimum atomic E-state index is 0.906. The first kappa shape index (κ1) is 72.0. The molecule has 0 unspecified atom stereocenters. The zero-order chi connectivity index (χ0) is 79.3. The number of hydrogen-bond acceptors (Lipinski definition) is 5. The number of anilines is 8. The zero-order valence-corrected chi connectivity index (χ0v) is 67.7. The number of rotatable bonds is 12. The van der Waals surface area contributed by atoms with Gasteiger partial charge in [0.05, 0.1) is 33.4 Å². The van der Waals surface area contributed by atoms with Crippen LogP contribution in [0.2, 0.25) is 0 Å². The minimum absolute atomic E-state index is 0.906. The van der Waals surface area contributed by atoms with E-state index in [9.17, 15) is 0 Å². The van der Waals surface area contributed by atoms with E-state index in [0.29, 0.717) is 0 Å². The quantitative estimate of drug-likeness (QED) is 0.124. The summed E-state index contributed by atoms with van der Waals surface area (Å²) in [7, 11) is 0. The van der Waals surface area contributed by atoms with Crippen LogP contribution in [0.5, 0.6) is 0 Å². The Morgan fingerprint density at radius 2 is 0.546 bits per heavy atom. The second kappa shape index (κ2) is 31.1. The third-order valence-electron chi connectivity index (χ3n) is 22.8. The Morgan fingerprint density at radius 3 is 1.01 bits per heavy atom. The van der Waals surface area contributed by atoms with Crippen LogP contribution in [0.1, 0.15) is 0 Å². The predicted octanol–water partition coefficient (Wildman–Crippen LogP) is 31.7. The molecule has 119 heavy (non-hydrogen) atoms. The van der Waals surface area contributed by atoms with Crippen LogP contribution < -0.4 is 15.1 Å². The number of halogens is 2. The van der Waals surface area contributed by atoms with Crippen LogP contribution in [-0.2, 0) is 0 Å². The SMILES string of the molecule is Brc1ccc2c(c1)c1cc(Br)ccc1c1c2nc(-c2cccc3ccccc23)n1-c1ccccc1.c1ccc(N(c2ccc3c(c2)c2cc(N(c4ccccc4)c4cccc5ccccc45)ccc2c2c3nc(-c3cccc4ccccc34)n2-c2ccccc2)c2cccc3ccccc23)cc1.c1ccc(Nc2cccc3ccccc23)cc1. The average Bonchev–Trinajstić information content (AvgIpc) is 1.58. The van der Waals surface area contributed by atoms with Gasteiger partial charge in [-0.15, -0.1) is 0 Å². The first-order chi connectivity index (χ1) is 58.9. The number of benzene rings is 21. The third kappa shape index (κ3) is 13.3. The van der Waals surface area contributed by atoms with Crippen molar-refractivity contribution in [3.05, 3.63) is 446 Å². The Balaban J connectivity index is 0.000000139. The lowest BCUT2D eigenvalue weighted by atomic mass is 9.97. The van der Waals surface area contributed by atoms with E-state index < -0.39 is 0 Å². The number of para-hydroxylation sites is 5. The van der Waals surface area contributed by atoms with Crippen LogP contribution in [0.15, 0.2) is 446 Å². The van der Waals surface area contributed by atoms with Gasteiger partial charge < -0.3 is 15.1 Å². The Bertz CT molecular complexity index is 7780. The Kier molecular flexibility index (Phi) is 18.8. The average molecular weight is 1650 g/mol. The molecule has 0 aliphatic heterocycles. The van der Waals surface area contributed by atoms with Gasteiger partial charge in [-0.2, -0.15) is 0 Å². The normalized spacial score (nSPS) is 11.4. The predicted molar refractivity (Wildman–Crippen MR) is 511 cm³/mol. The number of nitrogens with one attached hydrogen (secondary N) is 1. The molecule has 0 radical (unpaired) electrons. The third-order valence-corrected chi connectivity index (χ3v) is 23.8. The lowest BCUT2D eigenvalue weighted by Gasteiger charge is -2.28. The van der Waals surface area contributed by atoms with E-state index in [1.807, 2.05) is 18.2 Å². The largest absolute Gasteiger partial charge is 0.355 e. The molecule has 0 aliphatic rings. The molecule has 0 atom stereocenters. The standard InChI is InChI=1S/C63H42N4.C31H18Br2N2.C16H13N/c1-4-25-46(26-5-1)65(59-35-17-23-44-20-11-14-32-52(44)59)49-37-39-54-57(41-49)58-42-50(66(47-27-6-2-7-28-47)60-36-18-24-45-21-12-15-33-53(45)60)38-40-55(58)62-61(54)64-63(67(62)48-29-8-3-9-30-48)56-34-16-22-43-19-10-13-31-51(43)56;32-20-13-15-24-27(17-20)28-18-21(33)14-16-25(28)30-29(24)34-31(35(30)22-9-2-1-3-10-22)26-12-6-8-19-7-4-5-11-23(19)26;1-2-9-14(10-3-1)17-16-12-6-8-13-7-4-5-11-15(13)16/h1-42H;1-18H;1-12,17H. The maximum Gasteiger partial charge on any atom is 0.146 e. The molecule has 2 aromatic heterocycles. The number of aromatic nitrogens is 4. The van der Waals surface area contributed by atoms with Gasteiger partial charge in [0, 0.05) is 103 Å². The second-order valence-corrected chi connectivity index (χ2v) is 31.7. The van der Waals surface area contributed by atoms with Gasteiger partial charge in [-0.05, 0) is 187 Å². The van der Waals surface area contributed by atoms with Crippen LogP contribution in [0.3, 0.4) is 0 Å². The summed E-state index contributed by atoms with van der Waals surface area (Å²) in [6.45, 7) is 0. The van der Waals surface area contributed by atoms with E-state index in [0.717, 1.165) is 143 Å². The summed E-state index contributed by atoms with van der Waals surface area (Å²) in [4.78, 5) is 15.9. The molecule has 0 spiro atoms. The van der Waals surface area contributed by atoms with Crippen LogP contribution in [0, 0.1) is 0 Å². The van der Waals surface area contributed by atoms with Crippen molar-refractivity contribution in [2.24, 2.45) is 0 Å². The molecule has 0 fully saturated rings. The molecule has 0 amide bonds. The molecule has 21 aromatic carbocycles. The lowest BCUT2D eigenvalue weighted by molar-refractivity contribution is 1.11. The van der Waals surface area contributed by atoms with Gasteiger partial charge in [0.1, 0.15) is 11.6 Å². The summed E-state index contributed by atoms with van der Waals surface area (Å²) in [6, 6.07) is 155. The van der Waals surface area contributed by atoms with E-state index in [1.165, 1.54) is 64.6 Å². The molecule has 562 valence electrons. The molecule has 0 saturated carbocycles. The molecule has 1 N–H and O–H groups in total. The van der Waals surface area contributed by atoms with Crippen LogP contribution in [0.4, 0.5) is 45.5 Å². The molecule has 23 aromatic rings. The molecule has 7 nitrogen and oxygen atoms in total. The highest BCUT2D eigenvalue weighted by Gasteiger charge is 2.27. The number of hydrogen-bond donors (Lipinski definition) is 1. The van der Waals surface area contributed by atoms with Gasteiger partial charge >= 0.3 is 0 Å². The summed E-state index contributed by atoms with van der Waals surface area (Å²) in [5.74, 6) is 1.85. The Morgan fingerprint density at radius 1 is 0.227 bits per heavy atom. The highest BCUT2D eigenvalue weighted by atomic mass is 79.9. The van der Waals surface area contributed by atoms with Crippen molar-refractivity contribution in [2.75, 3.05) is 15.1 Å². The fourth-order valence-electron chi connectivity index (χ4n) is 17.5. The first-order valence-corrected chi connectivity index (χ1v) is 41.7. The van der Waals surface area contributed by atoms with Crippen LogP contribution in [-0.4, -0.2) is 19.1 Å². The van der Waals surface area contributed by atoms with E-state index in [2.05, 4.69) is 475 Å². The summed E-state index contributed by atoms with van der Waals surface area (Å²) in [5.41, 5.74) is 17.3. The highest BCUT2D eigenvalue weighted by molar-refractivity contribution is 9.10. The van der Waals surface area contributed by atoms with Crippen molar-refractivity contribution in [3.63, 3.8) is 0 Å². The maximum absolute atomic E-state index is 5.75. The molecule has 2 heterocycles. The monoisotopic (exact) mass is 1650 g/mol. The summed E-state index contributed by atoms with van der Waals surface area (Å²) in [6.07, 6.45) is 0. The zero-order valence-electron chi connectivity index (χ0n) is 64.5. The van der Waals surface area contributed by atoms with E-state index >= 15 is 0 Å². The Labute approximate surface area is 705 Å². The smallest absolute Gasteiger partial charge is 0.146 e. The van der Waals surface area contributed by atoms with Crippen molar-refractivity contribution in [1.82, 2.24) is 19.1 Å². The van der Waals surface area contributed by atoms with Gasteiger partial charge in [-0.1, -0.05) is 341 Å². The summed E-state index contributed by atoms with van der Waals surface area (Å²) >= 11 is 7.38. The molecule has 0 aliphatic carbocycles. The summed E-state index contributed by atoms with van der Waals surface area (Å²) in [5, 5.41) is 24.6. The van der Waals surface area contributed by atoms with E-state index in [4.69, 9.17) is 9.97 Å². The van der Waals surface area contributed by atoms with Crippen molar-refractivity contribution < 1.29 is 0 Å². The van der Waals surface area contributed by atoms with Gasteiger partial charge in [-0.25, -0.2) is 9.97 Å². The maximum atomic E-state index is 5.75. The molecule has 0 bridgehead atoms. The molecule has 23 rings (SSSR count). The topological polar surface area (TPSA) is 54.2 Å².